The minimum Gasteiger partial charge on any atom is -0.385 e. The van der Waals surface area contributed by atoms with Crippen molar-refractivity contribution in [3.8, 4) is 17.1 Å². The average molecular weight is 589 g/mol. The van der Waals surface area contributed by atoms with Crippen molar-refractivity contribution in [1.29, 1.82) is 0 Å². The highest BCUT2D eigenvalue weighted by Gasteiger charge is 2.34. The van der Waals surface area contributed by atoms with Crippen molar-refractivity contribution in [2.24, 2.45) is 0 Å². The van der Waals surface area contributed by atoms with E-state index in [1.165, 1.54) is 18.5 Å². The topological polar surface area (TPSA) is 114 Å². The first-order valence-electron chi connectivity index (χ1n) is 13.6. The van der Waals surface area contributed by atoms with Gasteiger partial charge in [-0.1, -0.05) is 6.07 Å². The number of hydrogen-bond donors (Lipinski definition) is 3. The van der Waals surface area contributed by atoms with E-state index in [9.17, 15) is 18.0 Å². The molecule has 0 atom stereocenters. The van der Waals surface area contributed by atoms with Gasteiger partial charge in [-0.3, -0.25) is 9.78 Å². The Morgan fingerprint density at radius 1 is 1.02 bits per heavy atom. The Bertz CT molecular complexity index is 1780. The third-order valence-corrected chi connectivity index (χ3v) is 6.95. The largest absolute Gasteiger partial charge is 0.418 e. The van der Waals surface area contributed by atoms with E-state index < -0.39 is 17.6 Å². The number of pyridine rings is 1. The minimum absolute atomic E-state index is 0.0590. The number of carbonyl (C=O) groups is 1. The summed E-state index contributed by atoms with van der Waals surface area (Å²) in [5.41, 5.74) is 8.36. The van der Waals surface area contributed by atoms with E-state index >= 15 is 0 Å². The zero-order valence-corrected chi connectivity index (χ0v) is 23.9. The van der Waals surface area contributed by atoms with Crippen LogP contribution in [0.4, 0.5) is 30.4 Å². The van der Waals surface area contributed by atoms with Gasteiger partial charge in [-0.15, -0.1) is 0 Å². The zero-order valence-electron chi connectivity index (χ0n) is 23.9. The predicted octanol–water partition coefficient (Wildman–Crippen LogP) is 6.01. The summed E-state index contributed by atoms with van der Waals surface area (Å²) in [5.74, 6) is 0.289. The lowest BCUT2D eigenvalue weighted by Crippen LogP contribution is -2.19. The molecule has 5 aromatic rings. The van der Waals surface area contributed by atoms with E-state index in [4.69, 9.17) is 5.73 Å². The lowest BCUT2D eigenvalue weighted by molar-refractivity contribution is -0.137. The normalized spacial score (nSPS) is 11.7. The summed E-state index contributed by atoms with van der Waals surface area (Å²) in [5, 5.41) is 6.48. The molecule has 2 aromatic carbocycles. The Hall–Kier alpha value is -4.97. The van der Waals surface area contributed by atoms with E-state index in [0.29, 0.717) is 36.0 Å². The standard InChI is InChI=1S/C31H31F3N8O/c1-19-5-7-22(40-30(43)20-6-8-25(24(13-20)31(32,33)34)36-10-4-11-41(2)3)14-23(19)26-15-27-21(17-37-26)9-12-42(27)29-16-28(35)38-18-39-29/h5-9,12-18,36H,4,10-11H2,1-3H3,(H,40,43)(H2,35,38,39). The smallest absolute Gasteiger partial charge is 0.385 e. The van der Waals surface area contributed by atoms with Crippen molar-refractivity contribution in [3.05, 3.63) is 90.0 Å². The second kappa shape index (κ2) is 12.1. The molecule has 0 saturated carbocycles. The summed E-state index contributed by atoms with van der Waals surface area (Å²) >= 11 is 0. The minimum atomic E-state index is -4.63. The lowest BCUT2D eigenvalue weighted by atomic mass is 10.0. The molecule has 0 saturated heterocycles. The number of aromatic nitrogens is 4. The molecule has 1 amide bonds. The number of nitrogens with two attached hydrogens (primary N) is 1. The van der Waals surface area contributed by atoms with Crippen molar-refractivity contribution in [2.75, 3.05) is 43.6 Å². The Labute approximate surface area is 246 Å². The molecule has 0 spiro atoms. The summed E-state index contributed by atoms with van der Waals surface area (Å²) < 4.78 is 43.5. The molecule has 0 unspecified atom stereocenters. The number of hydrogen-bond acceptors (Lipinski definition) is 7. The number of nitrogens with zero attached hydrogens (tertiary/aromatic N) is 5. The molecule has 222 valence electrons. The zero-order chi connectivity index (χ0) is 30.7. The number of nitrogens with one attached hydrogen (secondary N) is 2. The van der Waals surface area contributed by atoms with Crippen LogP contribution < -0.4 is 16.4 Å². The third kappa shape index (κ3) is 6.75. The van der Waals surface area contributed by atoms with Gasteiger partial charge in [-0.2, -0.15) is 13.2 Å². The van der Waals surface area contributed by atoms with Crippen molar-refractivity contribution in [1.82, 2.24) is 24.4 Å². The second-order valence-electron chi connectivity index (χ2n) is 10.4. The van der Waals surface area contributed by atoms with Crippen molar-refractivity contribution in [2.45, 2.75) is 19.5 Å². The van der Waals surface area contributed by atoms with Crippen LogP contribution in [0, 0.1) is 6.92 Å². The molecule has 0 aliphatic heterocycles. The van der Waals surface area contributed by atoms with Crippen LogP contribution in [-0.2, 0) is 6.18 Å². The van der Waals surface area contributed by atoms with Gasteiger partial charge >= 0.3 is 6.18 Å². The van der Waals surface area contributed by atoms with Crippen LogP contribution in [0.1, 0.15) is 27.9 Å². The number of fused-ring (bicyclic) bond motifs is 1. The molecule has 0 aliphatic rings. The number of anilines is 3. The molecule has 0 aliphatic carbocycles. The highest BCUT2D eigenvalue weighted by atomic mass is 19.4. The first kappa shape index (κ1) is 29.5. The monoisotopic (exact) mass is 588 g/mol. The highest BCUT2D eigenvalue weighted by molar-refractivity contribution is 6.05. The van der Waals surface area contributed by atoms with Gasteiger partial charge in [0, 0.05) is 52.9 Å². The van der Waals surface area contributed by atoms with Crippen molar-refractivity contribution in [3.63, 3.8) is 0 Å². The van der Waals surface area contributed by atoms with E-state index in [0.717, 1.165) is 34.6 Å². The summed E-state index contributed by atoms with van der Waals surface area (Å²) in [4.78, 5) is 27.9. The first-order valence-corrected chi connectivity index (χ1v) is 13.6. The molecule has 5 rings (SSSR count). The van der Waals surface area contributed by atoms with Gasteiger partial charge in [-0.25, -0.2) is 9.97 Å². The van der Waals surface area contributed by atoms with Gasteiger partial charge in [0.05, 0.1) is 16.8 Å². The third-order valence-electron chi connectivity index (χ3n) is 6.95. The highest BCUT2D eigenvalue weighted by Crippen LogP contribution is 2.36. The number of rotatable bonds is 9. The van der Waals surface area contributed by atoms with Gasteiger partial charge in [0.25, 0.3) is 5.91 Å². The molecule has 43 heavy (non-hydrogen) atoms. The Balaban J connectivity index is 1.40. The second-order valence-corrected chi connectivity index (χ2v) is 10.4. The quantitative estimate of drug-likeness (QED) is 0.181. The van der Waals surface area contributed by atoms with Crippen LogP contribution >= 0.6 is 0 Å². The molecule has 0 bridgehead atoms. The fraction of sp³-hybridized carbons (Fsp3) is 0.226. The molecule has 0 radical (unpaired) electrons. The molecular formula is C31H31F3N8O. The summed E-state index contributed by atoms with van der Waals surface area (Å²) in [6.45, 7) is 3.02. The van der Waals surface area contributed by atoms with Crippen molar-refractivity contribution >= 4 is 34.0 Å². The van der Waals surface area contributed by atoms with E-state index in [2.05, 4.69) is 25.6 Å². The molecule has 3 heterocycles. The van der Waals surface area contributed by atoms with Crippen LogP contribution in [0.3, 0.4) is 0 Å². The van der Waals surface area contributed by atoms with Gasteiger partial charge in [0.15, 0.2) is 0 Å². The Kier molecular flexibility index (Phi) is 8.31. The van der Waals surface area contributed by atoms with E-state index in [1.54, 1.807) is 24.4 Å². The predicted molar refractivity (Wildman–Crippen MR) is 162 cm³/mol. The van der Waals surface area contributed by atoms with Crippen molar-refractivity contribution < 1.29 is 18.0 Å². The van der Waals surface area contributed by atoms with E-state index in [-0.39, 0.29) is 11.3 Å². The molecular weight excluding hydrogens is 557 g/mol. The maximum Gasteiger partial charge on any atom is 0.418 e. The number of benzene rings is 2. The van der Waals surface area contributed by atoms with Crippen LogP contribution in [0.2, 0.25) is 0 Å². The Morgan fingerprint density at radius 3 is 2.58 bits per heavy atom. The SMILES string of the molecule is Cc1ccc(NC(=O)c2ccc(NCCCN(C)C)c(C(F)(F)F)c2)cc1-c1cc2c(ccn2-c2cc(N)ncn2)cn1. The molecule has 3 aromatic heterocycles. The van der Waals surface area contributed by atoms with Gasteiger partial charge in [0.2, 0.25) is 0 Å². The fourth-order valence-corrected chi connectivity index (χ4v) is 4.74. The number of alkyl halides is 3. The Morgan fingerprint density at radius 2 is 1.84 bits per heavy atom. The number of halogens is 3. The molecule has 4 N–H and O–H groups in total. The molecule has 9 nitrogen and oxygen atoms in total. The van der Waals surface area contributed by atoms with Crippen LogP contribution in [-0.4, -0.2) is 57.5 Å². The average Bonchev–Trinajstić information content (AvgIpc) is 3.39. The summed E-state index contributed by atoms with van der Waals surface area (Å²) in [6.07, 6.45) is 1.04. The maximum atomic E-state index is 13.9. The number of aryl methyl sites for hydroxylation is 1. The summed E-state index contributed by atoms with van der Waals surface area (Å²) in [7, 11) is 3.80. The maximum absolute atomic E-state index is 13.9. The lowest BCUT2D eigenvalue weighted by Gasteiger charge is -2.17. The summed E-state index contributed by atoms with van der Waals surface area (Å²) in [6, 6.07) is 14.3. The van der Waals surface area contributed by atoms with E-state index in [1.807, 2.05) is 54.9 Å². The van der Waals surface area contributed by atoms with Gasteiger partial charge < -0.3 is 25.8 Å². The number of nitrogen functional groups attached to an aromatic ring is 1. The van der Waals surface area contributed by atoms with Crippen LogP contribution in [0.15, 0.2) is 73.3 Å². The first-order chi connectivity index (χ1) is 20.5. The van der Waals surface area contributed by atoms with Crippen LogP contribution in [0.25, 0.3) is 28.0 Å². The van der Waals surface area contributed by atoms with Gasteiger partial charge in [0.1, 0.15) is 18.0 Å². The van der Waals surface area contributed by atoms with Gasteiger partial charge in [-0.05, 0) is 82.0 Å². The fourth-order valence-electron chi connectivity index (χ4n) is 4.74. The number of carbonyl (C=O) groups excluding carboxylic acids is 1. The number of amides is 1. The molecule has 12 heteroatoms. The van der Waals surface area contributed by atoms with Crippen LogP contribution in [0.5, 0.6) is 0 Å². The molecule has 0 fully saturated rings.